The fourth-order valence-corrected chi connectivity index (χ4v) is 0.907. The van der Waals surface area contributed by atoms with Gasteiger partial charge in [-0.1, -0.05) is 0 Å². The maximum Gasteiger partial charge on any atom is 0.280 e. The molecule has 0 saturated carbocycles. The van der Waals surface area contributed by atoms with E-state index in [-0.39, 0.29) is 17.1 Å². The SMILES string of the molecule is Nc1nc2c(ncn2[O])c(=O)[nH]1. The van der Waals surface area contributed by atoms with Crippen LogP contribution in [0.15, 0.2) is 11.1 Å². The fourth-order valence-electron chi connectivity index (χ4n) is 0.907. The number of nitrogens with one attached hydrogen (secondary N) is 1. The van der Waals surface area contributed by atoms with Crippen molar-refractivity contribution in [3.05, 3.63) is 16.7 Å². The van der Waals surface area contributed by atoms with Crippen molar-refractivity contribution in [2.75, 3.05) is 5.73 Å². The number of nitrogens with two attached hydrogens (primary N) is 1. The number of fused-ring (bicyclic) bond motifs is 1. The second kappa shape index (κ2) is 1.97. The van der Waals surface area contributed by atoms with Crippen LogP contribution in [0.25, 0.3) is 11.2 Å². The van der Waals surface area contributed by atoms with E-state index in [1.807, 2.05) is 0 Å². The van der Waals surface area contributed by atoms with E-state index in [4.69, 9.17) is 5.73 Å². The Kier molecular flexibility index (Phi) is 1.09. The largest absolute Gasteiger partial charge is 0.369 e. The molecule has 0 amide bonds. The number of nitrogen functional groups attached to an aromatic ring is 1. The molecule has 7 nitrogen and oxygen atoms in total. The molecule has 0 bridgehead atoms. The number of aromatic amines is 1. The summed E-state index contributed by atoms with van der Waals surface area (Å²) in [5, 5.41) is 10.9. The number of H-pyrrole nitrogens is 1. The smallest absolute Gasteiger partial charge is 0.280 e. The van der Waals surface area contributed by atoms with Crippen molar-refractivity contribution in [2.45, 2.75) is 0 Å². The molecule has 12 heavy (non-hydrogen) atoms. The lowest BCUT2D eigenvalue weighted by Crippen LogP contribution is -2.11. The molecule has 0 spiro atoms. The molecule has 0 aliphatic rings. The fraction of sp³-hybridized carbons (Fsp3) is 0. The zero-order valence-corrected chi connectivity index (χ0v) is 5.81. The van der Waals surface area contributed by atoms with Crippen LogP contribution in [-0.2, 0) is 5.21 Å². The first-order valence-corrected chi connectivity index (χ1v) is 3.09. The highest BCUT2D eigenvalue weighted by atomic mass is 16.5. The Hall–Kier alpha value is -2.05. The van der Waals surface area contributed by atoms with E-state index in [9.17, 15) is 10.0 Å². The summed E-state index contributed by atoms with van der Waals surface area (Å²) in [7, 11) is 0. The van der Waals surface area contributed by atoms with Crippen LogP contribution in [0.2, 0.25) is 0 Å². The second-order valence-corrected chi connectivity index (χ2v) is 2.19. The predicted octanol–water partition coefficient (Wildman–Crippen LogP) is -1.10. The highest BCUT2D eigenvalue weighted by molar-refractivity contribution is 5.69. The first-order chi connectivity index (χ1) is 5.68. The van der Waals surface area contributed by atoms with E-state index in [1.165, 1.54) is 0 Å². The average molecular weight is 166 g/mol. The summed E-state index contributed by atoms with van der Waals surface area (Å²) >= 11 is 0. The number of anilines is 1. The van der Waals surface area contributed by atoms with Crippen molar-refractivity contribution < 1.29 is 5.21 Å². The van der Waals surface area contributed by atoms with Gasteiger partial charge in [-0.2, -0.15) is 10.2 Å². The molecular formula is C5H4N5O2. The molecule has 0 saturated heterocycles. The molecule has 0 unspecified atom stereocenters. The minimum absolute atomic E-state index is 0.000741. The summed E-state index contributed by atoms with van der Waals surface area (Å²) in [5.41, 5.74) is 4.64. The summed E-state index contributed by atoms with van der Waals surface area (Å²) in [6.45, 7) is 0. The van der Waals surface area contributed by atoms with E-state index in [1.54, 1.807) is 0 Å². The van der Waals surface area contributed by atoms with Gasteiger partial charge in [0.15, 0.2) is 5.52 Å². The van der Waals surface area contributed by atoms with Gasteiger partial charge in [0.2, 0.25) is 11.6 Å². The van der Waals surface area contributed by atoms with Gasteiger partial charge in [0.25, 0.3) is 5.56 Å². The third kappa shape index (κ3) is 0.729. The molecule has 2 aromatic heterocycles. The van der Waals surface area contributed by atoms with Gasteiger partial charge in [0.1, 0.15) is 6.33 Å². The minimum Gasteiger partial charge on any atom is -0.369 e. The van der Waals surface area contributed by atoms with Crippen LogP contribution in [0.5, 0.6) is 0 Å². The Balaban J connectivity index is 3.03. The molecule has 2 aromatic rings. The first-order valence-electron chi connectivity index (χ1n) is 3.09. The van der Waals surface area contributed by atoms with Crippen molar-refractivity contribution in [2.24, 2.45) is 0 Å². The van der Waals surface area contributed by atoms with Gasteiger partial charge < -0.3 is 5.73 Å². The Morgan fingerprint density at radius 1 is 1.58 bits per heavy atom. The van der Waals surface area contributed by atoms with Gasteiger partial charge in [-0.25, -0.2) is 4.98 Å². The summed E-state index contributed by atoms with van der Waals surface area (Å²) in [6.07, 6.45) is 0.965. The maximum atomic E-state index is 11.0. The quantitative estimate of drug-likeness (QED) is 0.517. The van der Waals surface area contributed by atoms with Crippen LogP contribution < -0.4 is 11.3 Å². The molecule has 0 fully saturated rings. The summed E-state index contributed by atoms with van der Waals surface area (Å²) in [4.78, 5) is 20.4. The van der Waals surface area contributed by atoms with Gasteiger partial charge in [-0.05, 0) is 0 Å². The van der Waals surface area contributed by atoms with Crippen molar-refractivity contribution in [1.82, 2.24) is 19.7 Å². The molecule has 1 radical (unpaired) electrons. The van der Waals surface area contributed by atoms with Crippen molar-refractivity contribution in [3.8, 4) is 0 Å². The van der Waals surface area contributed by atoms with Crippen LogP contribution >= 0.6 is 0 Å². The number of nitrogens with zero attached hydrogens (tertiary/aromatic N) is 3. The van der Waals surface area contributed by atoms with E-state index in [2.05, 4.69) is 15.0 Å². The van der Waals surface area contributed by atoms with Gasteiger partial charge in [0.05, 0.1) is 0 Å². The molecule has 2 heterocycles. The van der Waals surface area contributed by atoms with Gasteiger partial charge in [-0.15, -0.1) is 4.73 Å². The number of aromatic nitrogens is 4. The topological polar surface area (TPSA) is 109 Å². The number of hydrogen-bond donors (Lipinski definition) is 2. The van der Waals surface area contributed by atoms with Gasteiger partial charge in [0, 0.05) is 0 Å². The Bertz CT molecular complexity index is 484. The van der Waals surface area contributed by atoms with Crippen molar-refractivity contribution >= 4 is 17.1 Å². The van der Waals surface area contributed by atoms with Crippen LogP contribution in [-0.4, -0.2) is 19.7 Å². The van der Waals surface area contributed by atoms with E-state index < -0.39 is 5.56 Å². The molecule has 61 valence electrons. The Labute approximate surface area is 65.4 Å². The molecular weight excluding hydrogens is 162 g/mol. The van der Waals surface area contributed by atoms with Crippen molar-refractivity contribution in [1.29, 1.82) is 0 Å². The molecule has 2 rings (SSSR count). The highest BCUT2D eigenvalue weighted by Gasteiger charge is 2.08. The lowest BCUT2D eigenvalue weighted by Gasteiger charge is -1.90. The molecule has 0 aliphatic heterocycles. The standard InChI is InChI=1S/C5H4N5O2/c6-5-8-3-2(4(11)9-5)7-1-10(3)12/h1H,(H3,6,8,9,11). The zero-order chi connectivity index (χ0) is 8.72. The van der Waals surface area contributed by atoms with Gasteiger partial charge >= 0.3 is 0 Å². The number of rotatable bonds is 0. The molecule has 0 atom stereocenters. The lowest BCUT2D eigenvalue weighted by atomic mass is 10.5. The normalized spacial score (nSPS) is 10.7. The molecule has 0 aliphatic carbocycles. The number of hydrogen-bond acceptors (Lipinski definition) is 4. The van der Waals surface area contributed by atoms with E-state index in [0.717, 1.165) is 6.33 Å². The van der Waals surface area contributed by atoms with E-state index in [0.29, 0.717) is 4.73 Å². The minimum atomic E-state index is -0.507. The van der Waals surface area contributed by atoms with Crippen LogP contribution in [0, 0.1) is 0 Å². The predicted molar refractivity (Wildman–Crippen MR) is 38.6 cm³/mol. The third-order valence-corrected chi connectivity index (χ3v) is 1.40. The average Bonchev–Trinajstić information content (AvgIpc) is 2.33. The summed E-state index contributed by atoms with van der Waals surface area (Å²) in [5.74, 6) is -0.0925. The molecule has 0 aromatic carbocycles. The van der Waals surface area contributed by atoms with Crippen LogP contribution in [0.4, 0.5) is 5.95 Å². The second-order valence-electron chi connectivity index (χ2n) is 2.19. The van der Waals surface area contributed by atoms with E-state index >= 15 is 0 Å². The van der Waals surface area contributed by atoms with Crippen LogP contribution in [0.3, 0.4) is 0 Å². The monoisotopic (exact) mass is 166 g/mol. The molecule has 3 N–H and O–H groups in total. The zero-order valence-electron chi connectivity index (χ0n) is 5.81. The highest BCUT2D eigenvalue weighted by Crippen LogP contribution is 2.02. The van der Waals surface area contributed by atoms with Crippen molar-refractivity contribution in [3.63, 3.8) is 0 Å². The van der Waals surface area contributed by atoms with Gasteiger partial charge in [-0.3, -0.25) is 9.78 Å². The summed E-state index contributed by atoms with van der Waals surface area (Å²) < 4.78 is 0.390. The maximum absolute atomic E-state index is 11.0. The lowest BCUT2D eigenvalue weighted by molar-refractivity contribution is 0.0995. The third-order valence-electron chi connectivity index (χ3n) is 1.40. The Morgan fingerprint density at radius 2 is 2.33 bits per heavy atom. The van der Waals surface area contributed by atoms with Crippen LogP contribution in [0.1, 0.15) is 0 Å². The number of imidazole rings is 1. The first kappa shape index (κ1) is 6.65. The Morgan fingerprint density at radius 3 is 3.08 bits per heavy atom. The molecule has 7 heteroatoms. The summed E-state index contributed by atoms with van der Waals surface area (Å²) in [6, 6.07) is 0.